The standard InChI is InChI=1S/C18H27N5O5S/c24-17(25)9-14(8-4-7-13-5-2-1-3-6-13)18-22-16(23-28-18)12-21-29(26,27)15-10-19-20-11-15/h10-11,13-14,21H,1-9,12H2,(H,19,20)(H,24,25)/t14-/m1/s1. The maximum atomic E-state index is 12.1. The van der Waals surface area contributed by atoms with Gasteiger partial charge in [0.05, 0.1) is 19.2 Å². The van der Waals surface area contributed by atoms with Crippen LogP contribution in [-0.4, -0.2) is 39.8 Å². The Kier molecular flexibility index (Phi) is 7.37. The van der Waals surface area contributed by atoms with Crippen molar-refractivity contribution in [2.75, 3.05) is 0 Å². The largest absolute Gasteiger partial charge is 0.481 e. The molecule has 1 fully saturated rings. The monoisotopic (exact) mass is 425 g/mol. The predicted octanol–water partition coefficient (Wildman–Crippen LogP) is 2.58. The summed E-state index contributed by atoms with van der Waals surface area (Å²) in [4.78, 5) is 15.5. The summed E-state index contributed by atoms with van der Waals surface area (Å²) >= 11 is 0. The van der Waals surface area contributed by atoms with E-state index in [4.69, 9.17) is 4.52 Å². The fraction of sp³-hybridized carbons (Fsp3) is 0.667. The van der Waals surface area contributed by atoms with Crippen LogP contribution in [0.4, 0.5) is 0 Å². The molecule has 1 aliphatic carbocycles. The van der Waals surface area contributed by atoms with E-state index in [-0.39, 0.29) is 35.5 Å². The van der Waals surface area contributed by atoms with Crippen molar-refractivity contribution >= 4 is 16.0 Å². The molecular weight excluding hydrogens is 398 g/mol. The van der Waals surface area contributed by atoms with Crippen molar-refractivity contribution in [3.63, 3.8) is 0 Å². The molecule has 1 atom stereocenters. The zero-order valence-electron chi connectivity index (χ0n) is 16.2. The maximum absolute atomic E-state index is 12.1. The lowest BCUT2D eigenvalue weighted by Crippen LogP contribution is -2.23. The van der Waals surface area contributed by atoms with Gasteiger partial charge in [0.15, 0.2) is 5.82 Å². The van der Waals surface area contributed by atoms with Gasteiger partial charge in [-0.1, -0.05) is 50.1 Å². The summed E-state index contributed by atoms with van der Waals surface area (Å²) in [5.74, 6) is -0.163. The first kappa shape index (κ1) is 21.4. The number of hydrogen-bond acceptors (Lipinski definition) is 7. The smallest absolute Gasteiger partial charge is 0.304 e. The van der Waals surface area contributed by atoms with E-state index in [0.717, 1.165) is 18.8 Å². The van der Waals surface area contributed by atoms with Crippen LogP contribution in [0.5, 0.6) is 0 Å². The third-order valence-corrected chi connectivity index (χ3v) is 6.72. The number of carbonyl (C=O) groups is 1. The van der Waals surface area contributed by atoms with E-state index in [1.807, 2.05) is 0 Å². The summed E-state index contributed by atoms with van der Waals surface area (Å²) in [6.45, 7) is -0.154. The second-order valence-electron chi connectivity index (χ2n) is 7.54. The molecule has 29 heavy (non-hydrogen) atoms. The van der Waals surface area contributed by atoms with Gasteiger partial charge in [-0.3, -0.25) is 9.89 Å². The van der Waals surface area contributed by atoms with Crippen molar-refractivity contribution in [3.8, 4) is 0 Å². The second kappa shape index (κ2) is 9.97. The van der Waals surface area contributed by atoms with E-state index in [0.29, 0.717) is 6.42 Å². The molecule has 2 aromatic heterocycles. The lowest BCUT2D eigenvalue weighted by atomic mass is 9.84. The van der Waals surface area contributed by atoms with Gasteiger partial charge in [-0.25, -0.2) is 13.1 Å². The van der Waals surface area contributed by atoms with Crippen LogP contribution in [0.15, 0.2) is 21.8 Å². The lowest BCUT2D eigenvalue weighted by Gasteiger charge is -2.21. The number of nitrogens with zero attached hydrogens (tertiary/aromatic N) is 3. The summed E-state index contributed by atoms with van der Waals surface area (Å²) in [7, 11) is -3.73. The zero-order chi connectivity index (χ0) is 20.7. The van der Waals surface area contributed by atoms with Gasteiger partial charge in [-0.15, -0.1) is 0 Å². The molecule has 2 heterocycles. The highest BCUT2D eigenvalue weighted by molar-refractivity contribution is 7.89. The van der Waals surface area contributed by atoms with E-state index in [1.165, 1.54) is 44.5 Å². The fourth-order valence-electron chi connectivity index (χ4n) is 3.79. The molecule has 0 saturated heterocycles. The molecule has 0 spiro atoms. The third kappa shape index (κ3) is 6.36. The number of rotatable bonds is 11. The van der Waals surface area contributed by atoms with Gasteiger partial charge in [-0.2, -0.15) is 10.1 Å². The van der Waals surface area contributed by atoms with E-state index in [2.05, 4.69) is 25.1 Å². The van der Waals surface area contributed by atoms with Crippen LogP contribution in [0, 0.1) is 5.92 Å². The first-order chi connectivity index (χ1) is 13.9. The molecule has 0 unspecified atom stereocenters. The van der Waals surface area contributed by atoms with E-state index >= 15 is 0 Å². The third-order valence-electron chi connectivity index (χ3n) is 5.35. The lowest BCUT2D eigenvalue weighted by molar-refractivity contribution is -0.137. The minimum absolute atomic E-state index is 0.00712. The van der Waals surface area contributed by atoms with E-state index in [9.17, 15) is 18.3 Å². The predicted molar refractivity (Wildman–Crippen MR) is 102 cm³/mol. The Balaban J connectivity index is 1.55. The number of carboxylic acid groups (broad SMARTS) is 1. The van der Waals surface area contributed by atoms with Crippen molar-refractivity contribution in [1.29, 1.82) is 0 Å². The summed E-state index contributed by atoms with van der Waals surface area (Å²) in [6.07, 6.45) is 11.4. The fourth-order valence-corrected chi connectivity index (χ4v) is 4.67. The highest BCUT2D eigenvalue weighted by Gasteiger charge is 2.24. The molecule has 1 aliphatic rings. The van der Waals surface area contributed by atoms with Crippen molar-refractivity contribution in [2.45, 2.75) is 75.1 Å². The van der Waals surface area contributed by atoms with Crippen LogP contribution < -0.4 is 4.72 Å². The molecular formula is C18H27N5O5S. The Morgan fingerprint density at radius 3 is 2.83 bits per heavy atom. The first-order valence-corrected chi connectivity index (χ1v) is 11.4. The molecule has 3 rings (SSSR count). The number of H-pyrrole nitrogens is 1. The van der Waals surface area contributed by atoms with Crippen LogP contribution in [0.1, 0.15) is 75.4 Å². The normalized spacial score (nSPS) is 16.7. The van der Waals surface area contributed by atoms with Gasteiger partial charge in [-0.05, 0) is 12.3 Å². The Hall–Kier alpha value is -2.27. The molecule has 160 valence electrons. The van der Waals surface area contributed by atoms with Gasteiger partial charge in [0.2, 0.25) is 15.9 Å². The molecule has 0 amide bonds. The van der Waals surface area contributed by atoms with Crippen molar-refractivity contribution < 1.29 is 22.8 Å². The Labute approximate surface area is 169 Å². The molecule has 0 radical (unpaired) electrons. The number of carboxylic acids is 1. The molecule has 2 aromatic rings. The Morgan fingerprint density at radius 1 is 1.34 bits per heavy atom. The molecule has 11 heteroatoms. The Morgan fingerprint density at radius 2 is 2.14 bits per heavy atom. The topological polar surface area (TPSA) is 151 Å². The number of sulfonamides is 1. The Bertz CT molecular complexity index is 874. The molecule has 10 nitrogen and oxygen atoms in total. The average molecular weight is 426 g/mol. The van der Waals surface area contributed by atoms with Gasteiger partial charge in [0, 0.05) is 12.1 Å². The van der Waals surface area contributed by atoms with Gasteiger partial charge in [0.25, 0.3) is 0 Å². The number of aromatic amines is 1. The highest BCUT2D eigenvalue weighted by Crippen LogP contribution is 2.31. The minimum atomic E-state index is -3.73. The maximum Gasteiger partial charge on any atom is 0.304 e. The number of nitrogens with one attached hydrogen (secondary N) is 2. The quantitative estimate of drug-likeness (QED) is 0.497. The number of hydrogen-bond donors (Lipinski definition) is 3. The molecule has 0 aliphatic heterocycles. The van der Waals surface area contributed by atoms with E-state index < -0.39 is 16.0 Å². The summed E-state index contributed by atoms with van der Waals surface area (Å²) in [6, 6.07) is 0. The van der Waals surface area contributed by atoms with Crippen molar-refractivity contribution in [1.82, 2.24) is 25.1 Å². The first-order valence-electron chi connectivity index (χ1n) is 9.97. The minimum Gasteiger partial charge on any atom is -0.481 e. The number of aliphatic carboxylic acids is 1. The molecule has 3 N–H and O–H groups in total. The van der Waals surface area contributed by atoms with Gasteiger partial charge < -0.3 is 9.63 Å². The highest BCUT2D eigenvalue weighted by atomic mass is 32.2. The average Bonchev–Trinajstić information content (AvgIpc) is 3.39. The van der Waals surface area contributed by atoms with E-state index in [1.54, 1.807) is 0 Å². The van der Waals surface area contributed by atoms with Crippen LogP contribution in [0.3, 0.4) is 0 Å². The second-order valence-corrected chi connectivity index (χ2v) is 9.30. The zero-order valence-corrected chi connectivity index (χ0v) is 17.0. The number of aromatic nitrogens is 4. The molecule has 0 aromatic carbocycles. The SMILES string of the molecule is O=C(O)C[C@@H](CCCC1CCCCC1)c1nc(CNS(=O)(=O)c2cn[nH]c2)no1. The van der Waals surface area contributed by atoms with Crippen LogP contribution in [0.25, 0.3) is 0 Å². The summed E-state index contributed by atoms with van der Waals surface area (Å²) in [5.41, 5.74) is 0. The molecule has 1 saturated carbocycles. The van der Waals surface area contributed by atoms with Crippen molar-refractivity contribution in [3.05, 3.63) is 24.1 Å². The van der Waals surface area contributed by atoms with Crippen LogP contribution in [-0.2, 0) is 21.4 Å². The summed E-state index contributed by atoms with van der Waals surface area (Å²) in [5, 5.41) is 19.1. The van der Waals surface area contributed by atoms with Crippen molar-refractivity contribution in [2.24, 2.45) is 5.92 Å². The van der Waals surface area contributed by atoms with Crippen LogP contribution >= 0.6 is 0 Å². The van der Waals surface area contributed by atoms with Gasteiger partial charge in [0.1, 0.15) is 4.90 Å². The summed E-state index contributed by atoms with van der Waals surface area (Å²) < 4.78 is 31.8. The van der Waals surface area contributed by atoms with Gasteiger partial charge >= 0.3 is 5.97 Å². The molecule has 0 bridgehead atoms. The van der Waals surface area contributed by atoms with Crippen LogP contribution in [0.2, 0.25) is 0 Å².